The maximum absolute atomic E-state index is 11.9. The van der Waals surface area contributed by atoms with Crippen LogP contribution in [0.25, 0.3) is 0 Å². The molecule has 0 aromatic carbocycles. The zero-order valence-electron chi connectivity index (χ0n) is 9.84. The van der Waals surface area contributed by atoms with Crippen molar-refractivity contribution in [1.29, 1.82) is 0 Å². The van der Waals surface area contributed by atoms with Crippen LogP contribution in [0.2, 0.25) is 0 Å². The van der Waals surface area contributed by atoms with Gasteiger partial charge < -0.3 is 15.4 Å². The van der Waals surface area contributed by atoms with E-state index in [0.29, 0.717) is 5.92 Å². The molecule has 0 aromatic heterocycles. The van der Waals surface area contributed by atoms with Crippen molar-refractivity contribution in [2.45, 2.75) is 25.7 Å². The van der Waals surface area contributed by atoms with Crippen LogP contribution in [0, 0.1) is 11.8 Å². The van der Waals surface area contributed by atoms with Gasteiger partial charge >= 0.3 is 0 Å². The van der Waals surface area contributed by atoms with Gasteiger partial charge in [0.25, 0.3) is 0 Å². The molecule has 0 radical (unpaired) electrons. The number of hydrogen-bond donors (Lipinski definition) is 2. The molecule has 2 heterocycles. The molecule has 92 valence electrons. The molecule has 1 amide bonds. The van der Waals surface area contributed by atoms with E-state index in [0.717, 1.165) is 58.5 Å². The Bertz CT molecular complexity index is 221. The number of piperidine rings is 1. The molecule has 0 bridgehead atoms. The van der Waals surface area contributed by atoms with E-state index in [-0.39, 0.29) is 11.8 Å². The van der Waals surface area contributed by atoms with E-state index in [9.17, 15) is 4.79 Å². The lowest BCUT2D eigenvalue weighted by atomic mass is 9.97. The van der Waals surface area contributed by atoms with Crippen LogP contribution in [0.1, 0.15) is 25.7 Å². The van der Waals surface area contributed by atoms with Crippen LogP contribution in [0.3, 0.4) is 0 Å². The number of carbonyl (C=O) groups excluding carboxylic acids is 1. The highest BCUT2D eigenvalue weighted by Gasteiger charge is 2.22. The minimum Gasteiger partial charge on any atom is -0.381 e. The minimum absolute atomic E-state index is 0.189. The fraction of sp³-hybridized carbons (Fsp3) is 0.917. The van der Waals surface area contributed by atoms with Crippen LogP contribution in [0.5, 0.6) is 0 Å². The quantitative estimate of drug-likeness (QED) is 0.738. The van der Waals surface area contributed by atoms with Crippen LogP contribution in [0.15, 0.2) is 0 Å². The molecule has 4 heteroatoms. The van der Waals surface area contributed by atoms with Crippen LogP contribution >= 0.6 is 0 Å². The van der Waals surface area contributed by atoms with Gasteiger partial charge in [0.2, 0.25) is 5.91 Å². The molecular formula is C12H22N2O2. The summed E-state index contributed by atoms with van der Waals surface area (Å²) in [5, 5.41) is 6.36. The number of amides is 1. The number of rotatable bonds is 3. The second-order valence-corrected chi connectivity index (χ2v) is 4.84. The highest BCUT2D eigenvalue weighted by atomic mass is 16.5. The standard InChI is InChI=1S/C12H22N2O2/c15-12(11-2-1-5-13-9-11)14-8-10-3-6-16-7-4-10/h10-11,13H,1-9H2,(H,14,15)/t11-/m1/s1. The molecule has 4 nitrogen and oxygen atoms in total. The van der Waals surface area contributed by atoms with E-state index in [1.807, 2.05) is 0 Å². The first kappa shape index (κ1) is 11.9. The lowest BCUT2D eigenvalue weighted by Gasteiger charge is -2.25. The van der Waals surface area contributed by atoms with Crippen molar-refractivity contribution in [1.82, 2.24) is 10.6 Å². The summed E-state index contributed by atoms with van der Waals surface area (Å²) in [6.45, 7) is 4.44. The molecule has 0 unspecified atom stereocenters. The molecule has 2 rings (SSSR count). The minimum atomic E-state index is 0.189. The Morgan fingerprint density at radius 1 is 1.31 bits per heavy atom. The molecule has 0 aliphatic carbocycles. The maximum atomic E-state index is 11.9. The second kappa shape index (κ2) is 6.21. The summed E-state index contributed by atoms with van der Waals surface area (Å²) < 4.78 is 5.30. The van der Waals surface area contributed by atoms with E-state index >= 15 is 0 Å². The predicted molar refractivity (Wildman–Crippen MR) is 62.1 cm³/mol. The van der Waals surface area contributed by atoms with Gasteiger partial charge in [0.05, 0.1) is 5.92 Å². The zero-order chi connectivity index (χ0) is 11.2. The van der Waals surface area contributed by atoms with Crippen molar-refractivity contribution in [3.63, 3.8) is 0 Å². The molecule has 2 aliphatic heterocycles. The maximum Gasteiger partial charge on any atom is 0.224 e. The van der Waals surface area contributed by atoms with Gasteiger partial charge in [0.1, 0.15) is 0 Å². The molecule has 0 aromatic rings. The van der Waals surface area contributed by atoms with E-state index in [2.05, 4.69) is 10.6 Å². The van der Waals surface area contributed by atoms with E-state index < -0.39 is 0 Å². The normalized spacial score (nSPS) is 27.6. The van der Waals surface area contributed by atoms with Crippen molar-refractivity contribution >= 4 is 5.91 Å². The molecule has 0 saturated carbocycles. The van der Waals surface area contributed by atoms with Crippen molar-refractivity contribution in [2.24, 2.45) is 11.8 Å². The number of carbonyl (C=O) groups is 1. The van der Waals surface area contributed by atoms with Crippen LogP contribution in [-0.4, -0.2) is 38.8 Å². The van der Waals surface area contributed by atoms with Crippen molar-refractivity contribution in [3.05, 3.63) is 0 Å². The SMILES string of the molecule is O=C(NCC1CCOCC1)[C@@H]1CCCNC1. The third-order valence-electron chi connectivity index (χ3n) is 3.57. The van der Waals surface area contributed by atoms with Crippen LogP contribution < -0.4 is 10.6 Å². The van der Waals surface area contributed by atoms with E-state index in [1.165, 1.54) is 0 Å². The predicted octanol–water partition coefficient (Wildman–Crippen LogP) is 0.529. The highest BCUT2D eigenvalue weighted by Crippen LogP contribution is 2.14. The summed E-state index contributed by atoms with van der Waals surface area (Å²) in [5.74, 6) is 1.04. The van der Waals surface area contributed by atoms with Crippen LogP contribution in [-0.2, 0) is 9.53 Å². The van der Waals surface area contributed by atoms with Gasteiger partial charge in [-0.05, 0) is 38.1 Å². The molecule has 2 N–H and O–H groups in total. The summed E-state index contributed by atoms with van der Waals surface area (Å²) in [6.07, 6.45) is 4.33. The third-order valence-corrected chi connectivity index (χ3v) is 3.57. The monoisotopic (exact) mass is 226 g/mol. The van der Waals surface area contributed by atoms with Crippen molar-refractivity contribution in [3.8, 4) is 0 Å². The lowest BCUT2D eigenvalue weighted by Crippen LogP contribution is -2.42. The molecule has 16 heavy (non-hydrogen) atoms. The Morgan fingerprint density at radius 2 is 2.12 bits per heavy atom. The first-order chi connectivity index (χ1) is 7.86. The Balaban J connectivity index is 1.65. The molecule has 2 fully saturated rings. The first-order valence-corrected chi connectivity index (χ1v) is 6.42. The third kappa shape index (κ3) is 3.46. The van der Waals surface area contributed by atoms with Crippen molar-refractivity contribution < 1.29 is 9.53 Å². The van der Waals surface area contributed by atoms with Gasteiger partial charge in [0.15, 0.2) is 0 Å². The van der Waals surface area contributed by atoms with E-state index in [1.54, 1.807) is 0 Å². The lowest BCUT2D eigenvalue weighted by molar-refractivity contribution is -0.125. The van der Waals surface area contributed by atoms with Gasteiger partial charge in [-0.15, -0.1) is 0 Å². The summed E-state index contributed by atoms with van der Waals surface area (Å²) in [7, 11) is 0. The molecule has 2 saturated heterocycles. The summed E-state index contributed by atoms with van der Waals surface area (Å²) >= 11 is 0. The van der Waals surface area contributed by atoms with Crippen LogP contribution in [0.4, 0.5) is 0 Å². The Kier molecular flexibility index (Phi) is 4.60. The highest BCUT2D eigenvalue weighted by molar-refractivity contribution is 5.78. The smallest absolute Gasteiger partial charge is 0.224 e. The Morgan fingerprint density at radius 3 is 2.81 bits per heavy atom. The number of hydrogen-bond acceptors (Lipinski definition) is 3. The second-order valence-electron chi connectivity index (χ2n) is 4.84. The van der Waals surface area contributed by atoms with Gasteiger partial charge in [-0.2, -0.15) is 0 Å². The van der Waals surface area contributed by atoms with E-state index in [4.69, 9.17) is 4.74 Å². The average molecular weight is 226 g/mol. The molecule has 1 atom stereocenters. The number of nitrogens with one attached hydrogen (secondary N) is 2. The fourth-order valence-electron chi connectivity index (χ4n) is 2.42. The summed E-state index contributed by atoms with van der Waals surface area (Å²) in [6, 6.07) is 0. The van der Waals surface area contributed by atoms with Gasteiger partial charge in [-0.3, -0.25) is 4.79 Å². The van der Waals surface area contributed by atoms with Gasteiger partial charge in [0, 0.05) is 26.3 Å². The fourth-order valence-corrected chi connectivity index (χ4v) is 2.42. The Labute approximate surface area is 97.1 Å². The number of ether oxygens (including phenoxy) is 1. The topological polar surface area (TPSA) is 50.4 Å². The summed E-state index contributed by atoms with van der Waals surface area (Å²) in [5.41, 5.74) is 0. The Hall–Kier alpha value is -0.610. The first-order valence-electron chi connectivity index (χ1n) is 6.42. The van der Waals surface area contributed by atoms with Gasteiger partial charge in [-0.25, -0.2) is 0 Å². The van der Waals surface area contributed by atoms with Crippen molar-refractivity contribution in [2.75, 3.05) is 32.8 Å². The molecular weight excluding hydrogens is 204 g/mol. The van der Waals surface area contributed by atoms with Gasteiger partial charge in [-0.1, -0.05) is 0 Å². The average Bonchev–Trinajstić information content (AvgIpc) is 2.38. The molecule has 2 aliphatic rings. The zero-order valence-corrected chi connectivity index (χ0v) is 9.84. The summed E-state index contributed by atoms with van der Waals surface area (Å²) in [4.78, 5) is 11.9. The largest absolute Gasteiger partial charge is 0.381 e. The molecule has 0 spiro atoms.